The SMILES string of the molecule is COCC(=O)N1CC[C@]2(CCCN(C3CCCCC3)C2=O)C1. The first-order valence-corrected chi connectivity index (χ1v) is 8.74. The summed E-state index contributed by atoms with van der Waals surface area (Å²) in [5, 5.41) is 0. The van der Waals surface area contributed by atoms with E-state index in [1.807, 2.05) is 4.90 Å². The van der Waals surface area contributed by atoms with Gasteiger partial charge in [-0.2, -0.15) is 0 Å². The van der Waals surface area contributed by atoms with Gasteiger partial charge in [0, 0.05) is 32.8 Å². The summed E-state index contributed by atoms with van der Waals surface area (Å²) in [7, 11) is 1.54. The van der Waals surface area contributed by atoms with Crippen molar-refractivity contribution in [2.24, 2.45) is 5.41 Å². The monoisotopic (exact) mass is 308 g/mol. The van der Waals surface area contributed by atoms with Gasteiger partial charge in [0.15, 0.2) is 0 Å². The molecule has 0 radical (unpaired) electrons. The van der Waals surface area contributed by atoms with Crippen molar-refractivity contribution in [1.82, 2.24) is 9.80 Å². The summed E-state index contributed by atoms with van der Waals surface area (Å²) in [4.78, 5) is 29.2. The molecule has 0 aromatic rings. The van der Waals surface area contributed by atoms with Crippen LogP contribution in [0.25, 0.3) is 0 Å². The minimum Gasteiger partial charge on any atom is -0.375 e. The lowest BCUT2D eigenvalue weighted by Crippen LogP contribution is -2.54. The third-order valence-electron chi connectivity index (χ3n) is 5.76. The standard InChI is InChI=1S/C17H28N2O3/c1-22-12-15(20)18-11-9-17(13-18)8-5-10-19(16(17)21)14-6-3-2-4-7-14/h14H,2-13H2,1H3/t17-/m1/s1. The Morgan fingerprint density at radius 1 is 1.18 bits per heavy atom. The molecule has 3 fully saturated rings. The van der Waals surface area contributed by atoms with Crippen LogP contribution in [-0.2, 0) is 14.3 Å². The number of piperidine rings is 1. The van der Waals surface area contributed by atoms with Gasteiger partial charge in [0.25, 0.3) is 0 Å². The molecule has 3 aliphatic rings. The summed E-state index contributed by atoms with van der Waals surface area (Å²) in [5.41, 5.74) is -0.306. The van der Waals surface area contributed by atoms with Gasteiger partial charge >= 0.3 is 0 Å². The molecular weight excluding hydrogens is 280 g/mol. The fourth-order valence-electron chi connectivity index (χ4n) is 4.52. The van der Waals surface area contributed by atoms with Gasteiger partial charge in [-0.25, -0.2) is 0 Å². The molecular formula is C17H28N2O3. The highest BCUT2D eigenvalue weighted by Gasteiger charge is 2.50. The normalized spacial score (nSPS) is 30.3. The van der Waals surface area contributed by atoms with Crippen molar-refractivity contribution in [1.29, 1.82) is 0 Å². The molecule has 0 bridgehead atoms. The van der Waals surface area contributed by atoms with Crippen LogP contribution in [0.4, 0.5) is 0 Å². The van der Waals surface area contributed by atoms with Gasteiger partial charge in [-0.15, -0.1) is 0 Å². The highest BCUT2D eigenvalue weighted by Crippen LogP contribution is 2.41. The van der Waals surface area contributed by atoms with Gasteiger partial charge in [-0.3, -0.25) is 9.59 Å². The van der Waals surface area contributed by atoms with E-state index in [9.17, 15) is 9.59 Å². The first-order chi connectivity index (χ1) is 10.7. The average Bonchev–Trinajstić information content (AvgIpc) is 2.97. The van der Waals surface area contributed by atoms with Crippen molar-refractivity contribution in [3.63, 3.8) is 0 Å². The molecule has 1 spiro atoms. The van der Waals surface area contributed by atoms with E-state index >= 15 is 0 Å². The number of nitrogens with zero attached hydrogens (tertiary/aromatic N) is 2. The van der Waals surface area contributed by atoms with Crippen LogP contribution in [0.2, 0.25) is 0 Å². The summed E-state index contributed by atoms with van der Waals surface area (Å²) in [6, 6.07) is 0.446. The Kier molecular flexibility index (Phi) is 4.71. The number of likely N-dealkylation sites (tertiary alicyclic amines) is 2. The molecule has 1 saturated carbocycles. The number of carbonyl (C=O) groups excluding carboxylic acids is 2. The van der Waals surface area contributed by atoms with Crippen molar-refractivity contribution in [2.75, 3.05) is 33.4 Å². The van der Waals surface area contributed by atoms with Crippen LogP contribution >= 0.6 is 0 Å². The molecule has 22 heavy (non-hydrogen) atoms. The van der Waals surface area contributed by atoms with Crippen LogP contribution in [0.15, 0.2) is 0 Å². The number of hydrogen-bond acceptors (Lipinski definition) is 3. The van der Waals surface area contributed by atoms with Crippen LogP contribution < -0.4 is 0 Å². The molecule has 0 N–H and O–H groups in total. The van der Waals surface area contributed by atoms with Gasteiger partial charge in [-0.05, 0) is 32.1 Å². The predicted molar refractivity (Wildman–Crippen MR) is 83.3 cm³/mol. The summed E-state index contributed by atoms with van der Waals surface area (Å²) < 4.78 is 4.95. The Hall–Kier alpha value is -1.10. The molecule has 0 aromatic heterocycles. The Morgan fingerprint density at radius 3 is 2.68 bits per heavy atom. The van der Waals surface area contributed by atoms with E-state index < -0.39 is 0 Å². The highest BCUT2D eigenvalue weighted by molar-refractivity contribution is 5.86. The number of amides is 2. The molecule has 3 rings (SSSR count). The largest absolute Gasteiger partial charge is 0.375 e. The van der Waals surface area contributed by atoms with E-state index in [2.05, 4.69) is 4.90 Å². The van der Waals surface area contributed by atoms with E-state index in [0.717, 1.165) is 38.6 Å². The van der Waals surface area contributed by atoms with Crippen LogP contribution in [0, 0.1) is 5.41 Å². The molecule has 5 heteroatoms. The maximum atomic E-state index is 13.1. The van der Waals surface area contributed by atoms with Gasteiger partial charge in [0.1, 0.15) is 6.61 Å². The lowest BCUT2D eigenvalue weighted by atomic mass is 9.77. The van der Waals surface area contributed by atoms with Crippen molar-refractivity contribution < 1.29 is 14.3 Å². The molecule has 2 aliphatic heterocycles. The third kappa shape index (κ3) is 2.87. The first kappa shape index (κ1) is 15.8. The second-order valence-electron chi connectivity index (χ2n) is 7.17. The van der Waals surface area contributed by atoms with Crippen molar-refractivity contribution >= 4 is 11.8 Å². The number of rotatable bonds is 3. The van der Waals surface area contributed by atoms with Gasteiger partial charge < -0.3 is 14.5 Å². The number of methoxy groups -OCH3 is 1. The summed E-state index contributed by atoms with van der Waals surface area (Å²) >= 11 is 0. The van der Waals surface area contributed by atoms with Crippen LogP contribution in [0.3, 0.4) is 0 Å². The van der Waals surface area contributed by atoms with E-state index in [1.54, 1.807) is 7.11 Å². The minimum absolute atomic E-state index is 0.0157. The van der Waals surface area contributed by atoms with Crippen LogP contribution in [0.1, 0.15) is 51.4 Å². The molecule has 2 amide bonds. The maximum Gasteiger partial charge on any atom is 0.248 e. The van der Waals surface area contributed by atoms with E-state index in [1.165, 1.54) is 19.3 Å². The smallest absolute Gasteiger partial charge is 0.248 e. The topological polar surface area (TPSA) is 49.9 Å². The Morgan fingerprint density at radius 2 is 1.95 bits per heavy atom. The molecule has 124 valence electrons. The molecule has 0 unspecified atom stereocenters. The molecule has 1 aliphatic carbocycles. The molecule has 2 saturated heterocycles. The van der Waals surface area contributed by atoms with E-state index in [4.69, 9.17) is 4.74 Å². The first-order valence-electron chi connectivity index (χ1n) is 8.74. The van der Waals surface area contributed by atoms with Gasteiger partial charge in [0.2, 0.25) is 11.8 Å². The van der Waals surface area contributed by atoms with Crippen LogP contribution in [0.5, 0.6) is 0 Å². The Bertz CT molecular complexity index is 434. The van der Waals surface area contributed by atoms with Gasteiger partial charge in [0.05, 0.1) is 5.41 Å². The highest BCUT2D eigenvalue weighted by atomic mass is 16.5. The molecule has 5 nitrogen and oxygen atoms in total. The number of hydrogen-bond donors (Lipinski definition) is 0. The number of carbonyl (C=O) groups is 2. The minimum atomic E-state index is -0.306. The quantitative estimate of drug-likeness (QED) is 0.799. The Labute approximate surface area is 133 Å². The fourth-order valence-corrected chi connectivity index (χ4v) is 4.52. The predicted octanol–water partition coefficient (Wildman–Crippen LogP) is 1.81. The second-order valence-corrected chi connectivity index (χ2v) is 7.17. The van der Waals surface area contributed by atoms with Crippen LogP contribution in [-0.4, -0.2) is 61.0 Å². The zero-order valence-corrected chi connectivity index (χ0v) is 13.7. The zero-order chi connectivity index (χ0) is 15.6. The molecule has 0 aromatic carbocycles. The summed E-state index contributed by atoms with van der Waals surface area (Å²) in [5.74, 6) is 0.334. The second kappa shape index (κ2) is 6.57. The van der Waals surface area contributed by atoms with E-state index in [0.29, 0.717) is 25.0 Å². The van der Waals surface area contributed by atoms with E-state index in [-0.39, 0.29) is 17.9 Å². The van der Waals surface area contributed by atoms with Crippen molar-refractivity contribution in [3.8, 4) is 0 Å². The van der Waals surface area contributed by atoms with Crippen molar-refractivity contribution in [2.45, 2.75) is 57.4 Å². The maximum absolute atomic E-state index is 13.1. The lowest BCUT2D eigenvalue weighted by Gasteiger charge is -2.44. The third-order valence-corrected chi connectivity index (χ3v) is 5.76. The van der Waals surface area contributed by atoms with Gasteiger partial charge in [-0.1, -0.05) is 19.3 Å². The lowest BCUT2D eigenvalue weighted by molar-refractivity contribution is -0.149. The molecule has 2 heterocycles. The zero-order valence-electron chi connectivity index (χ0n) is 13.7. The molecule has 1 atom stereocenters. The van der Waals surface area contributed by atoms with Crippen molar-refractivity contribution in [3.05, 3.63) is 0 Å². The average molecular weight is 308 g/mol. The number of ether oxygens (including phenoxy) is 1. The summed E-state index contributed by atoms with van der Waals surface area (Å²) in [6.07, 6.45) is 8.97. The summed E-state index contributed by atoms with van der Waals surface area (Å²) in [6.45, 7) is 2.33. The fraction of sp³-hybridized carbons (Fsp3) is 0.882. The Balaban J connectivity index is 1.68.